The molecular formula is C13H18ClN5O. The summed E-state index contributed by atoms with van der Waals surface area (Å²) < 4.78 is 2.03. The lowest BCUT2D eigenvalue weighted by Gasteiger charge is -2.28. The van der Waals surface area contributed by atoms with Gasteiger partial charge in [-0.05, 0) is 43.8 Å². The number of rotatable bonds is 4. The molecule has 108 valence electrons. The molecule has 1 fully saturated rings. The van der Waals surface area contributed by atoms with Crippen LogP contribution in [0.1, 0.15) is 25.7 Å². The summed E-state index contributed by atoms with van der Waals surface area (Å²) in [6.45, 7) is 1.84. The average Bonchev–Trinajstić information content (AvgIpc) is 2.83. The number of hydrogen-bond acceptors (Lipinski definition) is 5. The number of aryl methyl sites for hydroxylation is 1. The van der Waals surface area contributed by atoms with Gasteiger partial charge in [0.1, 0.15) is 5.52 Å². The molecule has 20 heavy (non-hydrogen) atoms. The van der Waals surface area contributed by atoms with Crippen LogP contribution in [0.5, 0.6) is 0 Å². The summed E-state index contributed by atoms with van der Waals surface area (Å²) in [4.78, 5) is 12.3. The number of aliphatic hydroxyl groups excluding tert-OH is 1. The van der Waals surface area contributed by atoms with Crippen LogP contribution in [0.15, 0.2) is 12.5 Å². The number of fused-ring (bicyclic) bond motifs is 1. The first-order valence-corrected chi connectivity index (χ1v) is 7.36. The molecule has 1 saturated heterocycles. The van der Waals surface area contributed by atoms with Gasteiger partial charge in [-0.2, -0.15) is 4.98 Å². The summed E-state index contributed by atoms with van der Waals surface area (Å²) >= 11 is 5.74. The number of nitrogens with one attached hydrogen (secondary N) is 1. The van der Waals surface area contributed by atoms with E-state index in [1.165, 1.54) is 0 Å². The topological polar surface area (TPSA) is 75.9 Å². The molecule has 6 nitrogen and oxygen atoms in total. The van der Waals surface area contributed by atoms with Crippen LogP contribution in [0.4, 0.5) is 0 Å². The molecule has 0 aliphatic carbocycles. The standard InChI is InChI=1S/C13H18ClN5O/c14-13-16-7-10-12(18-13)17-8-19(10)6-2-3-9-11(20)4-1-5-15-9/h7-9,11,15,20H,1-6H2. The van der Waals surface area contributed by atoms with Crippen molar-refractivity contribution >= 4 is 22.8 Å². The van der Waals surface area contributed by atoms with Crippen molar-refractivity contribution in [1.82, 2.24) is 24.8 Å². The van der Waals surface area contributed by atoms with E-state index in [0.29, 0.717) is 5.65 Å². The van der Waals surface area contributed by atoms with Crippen LogP contribution in [-0.2, 0) is 6.54 Å². The number of hydrogen-bond donors (Lipinski definition) is 2. The van der Waals surface area contributed by atoms with Gasteiger partial charge in [0.2, 0.25) is 5.28 Å². The van der Waals surface area contributed by atoms with Crippen molar-refractivity contribution in [2.45, 2.75) is 44.4 Å². The maximum absolute atomic E-state index is 9.91. The molecule has 2 aromatic rings. The molecule has 7 heteroatoms. The molecule has 0 saturated carbocycles. The predicted molar refractivity (Wildman–Crippen MR) is 76.6 cm³/mol. The van der Waals surface area contributed by atoms with E-state index in [9.17, 15) is 5.11 Å². The number of aromatic nitrogens is 4. The van der Waals surface area contributed by atoms with Crippen molar-refractivity contribution in [3.8, 4) is 0 Å². The van der Waals surface area contributed by atoms with Gasteiger partial charge in [0, 0.05) is 12.6 Å². The summed E-state index contributed by atoms with van der Waals surface area (Å²) in [5.41, 5.74) is 1.52. The smallest absolute Gasteiger partial charge is 0.224 e. The van der Waals surface area contributed by atoms with Crippen molar-refractivity contribution in [2.75, 3.05) is 6.54 Å². The Bertz CT molecular complexity index is 587. The highest BCUT2D eigenvalue weighted by Gasteiger charge is 2.21. The van der Waals surface area contributed by atoms with Crippen LogP contribution in [0, 0.1) is 0 Å². The van der Waals surface area contributed by atoms with Gasteiger partial charge in [0.25, 0.3) is 0 Å². The zero-order chi connectivity index (χ0) is 13.9. The lowest BCUT2D eigenvalue weighted by atomic mass is 9.97. The normalized spacial score (nSPS) is 23.3. The zero-order valence-corrected chi connectivity index (χ0v) is 11.9. The van der Waals surface area contributed by atoms with E-state index >= 15 is 0 Å². The third-order valence-corrected chi connectivity index (χ3v) is 3.99. The van der Waals surface area contributed by atoms with Crippen molar-refractivity contribution in [3.05, 3.63) is 17.8 Å². The highest BCUT2D eigenvalue weighted by molar-refractivity contribution is 6.28. The van der Waals surface area contributed by atoms with E-state index in [0.717, 1.165) is 44.3 Å². The number of piperidine rings is 1. The molecule has 2 atom stereocenters. The van der Waals surface area contributed by atoms with Gasteiger partial charge >= 0.3 is 0 Å². The Morgan fingerprint density at radius 1 is 1.45 bits per heavy atom. The summed E-state index contributed by atoms with van der Waals surface area (Å²) in [6.07, 6.45) is 7.13. The predicted octanol–water partition coefficient (Wildman–Crippen LogP) is 1.37. The van der Waals surface area contributed by atoms with Crippen LogP contribution in [-0.4, -0.2) is 43.3 Å². The average molecular weight is 296 g/mol. The molecule has 0 bridgehead atoms. The molecule has 1 aliphatic rings. The maximum atomic E-state index is 9.91. The van der Waals surface area contributed by atoms with Gasteiger partial charge in [-0.3, -0.25) is 0 Å². The first-order chi connectivity index (χ1) is 9.74. The van der Waals surface area contributed by atoms with Crippen LogP contribution >= 0.6 is 11.6 Å². The molecule has 0 spiro atoms. The monoisotopic (exact) mass is 295 g/mol. The Morgan fingerprint density at radius 2 is 2.35 bits per heavy atom. The number of halogens is 1. The molecule has 2 aromatic heterocycles. The highest BCUT2D eigenvalue weighted by atomic mass is 35.5. The molecule has 3 rings (SSSR count). The summed E-state index contributed by atoms with van der Waals surface area (Å²) in [7, 11) is 0. The minimum Gasteiger partial charge on any atom is -0.392 e. The van der Waals surface area contributed by atoms with Gasteiger partial charge in [0.15, 0.2) is 5.65 Å². The third kappa shape index (κ3) is 2.92. The third-order valence-electron chi connectivity index (χ3n) is 3.81. The Hall–Kier alpha value is -1.24. The van der Waals surface area contributed by atoms with Crippen LogP contribution in [0.25, 0.3) is 11.2 Å². The largest absolute Gasteiger partial charge is 0.392 e. The fourth-order valence-corrected chi connectivity index (χ4v) is 2.85. The van der Waals surface area contributed by atoms with E-state index in [2.05, 4.69) is 20.3 Å². The molecule has 2 N–H and O–H groups in total. The first-order valence-electron chi connectivity index (χ1n) is 6.99. The van der Waals surface area contributed by atoms with Gasteiger partial charge in [-0.1, -0.05) is 0 Å². The quantitative estimate of drug-likeness (QED) is 0.833. The highest BCUT2D eigenvalue weighted by Crippen LogP contribution is 2.16. The van der Waals surface area contributed by atoms with Crippen molar-refractivity contribution in [3.63, 3.8) is 0 Å². The van der Waals surface area contributed by atoms with Gasteiger partial charge in [0.05, 0.1) is 18.6 Å². The summed E-state index contributed by atoms with van der Waals surface area (Å²) in [6, 6.07) is 0.212. The lowest BCUT2D eigenvalue weighted by molar-refractivity contribution is 0.0909. The van der Waals surface area contributed by atoms with Crippen LogP contribution < -0.4 is 5.32 Å². The van der Waals surface area contributed by atoms with Gasteiger partial charge < -0.3 is 15.0 Å². The fraction of sp³-hybridized carbons (Fsp3) is 0.615. The van der Waals surface area contributed by atoms with E-state index in [1.807, 2.05) is 4.57 Å². The molecular weight excluding hydrogens is 278 g/mol. The number of nitrogens with zero attached hydrogens (tertiary/aromatic N) is 4. The molecule has 3 heterocycles. The SMILES string of the molecule is OC1CCCNC1CCCn1cnc2nc(Cl)ncc21. The Kier molecular flexibility index (Phi) is 4.14. The maximum Gasteiger partial charge on any atom is 0.224 e. The molecule has 2 unspecified atom stereocenters. The Balaban J connectivity index is 1.59. The summed E-state index contributed by atoms with van der Waals surface area (Å²) in [5, 5.41) is 13.5. The Labute approximate surface area is 122 Å². The van der Waals surface area contributed by atoms with Crippen LogP contribution in [0.2, 0.25) is 5.28 Å². The fourth-order valence-electron chi connectivity index (χ4n) is 2.72. The molecule has 0 aromatic carbocycles. The second kappa shape index (κ2) is 6.03. The van der Waals surface area contributed by atoms with Crippen LogP contribution in [0.3, 0.4) is 0 Å². The van der Waals surface area contributed by atoms with Gasteiger partial charge in [-0.25, -0.2) is 9.97 Å². The van der Waals surface area contributed by atoms with Crippen molar-refractivity contribution in [2.24, 2.45) is 0 Å². The second-order valence-electron chi connectivity index (χ2n) is 5.20. The minimum absolute atomic E-state index is 0.212. The van der Waals surface area contributed by atoms with E-state index in [4.69, 9.17) is 11.6 Å². The van der Waals surface area contributed by atoms with E-state index < -0.39 is 0 Å². The van der Waals surface area contributed by atoms with Crippen molar-refractivity contribution in [1.29, 1.82) is 0 Å². The molecule has 0 radical (unpaired) electrons. The number of aliphatic hydroxyl groups is 1. The number of imidazole rings is 1. The minimum atomic E-state index is -0.217. The first kappa shape index (κ1) is 13.7. The second-order valence-corrected chi connectivity index (χ2v) is 5.54. The van der Waals surface area contributed by atoms with E-state index in [-0.39, 0.29) is 17.4 Å². The van der Waals surface area contributed by atoms with Gasteiger partial charge in [-0.15, -0.1) is 0 Å². The van der Waals surface area contributed by atoms with E-state index in [1.54, 1.807) is 12.5 Å². The van der Waals surface area contributed by atoms with Crippen molar-refractivity contribution < 1.29 is 5.11 Å². The lowest BCUT2D eigenvalue weighted by Crippen LogP contribution is -2.44. The zero-order valence-electron chi connectivity index (χ0n) is 11.2. The molecule has 0 amide bonds. The molecule has 1 aliphatic heterocycles. The Morgan fingerprint density at radius 3 is 3.20 bits per heavy atom. The summed E-state index contributed by atoms with van der Waals surface area (Å²) in [5.74, 6) is 0.